The number of carbonyl (C=O) groups is 4. The van der Waals surface area contributed by atoms with Crippen LogP contribution < -0.4 is 5.32 Å². The number of nitrogens with one attached hydrogen (secondary N) is 1. The van der Waals surface area contributed by atoms with Gasteiger partial charge in [0.25, 0.3) is 5.91 Å². The number of halogens is 1. The number of fused-ring (bicyclic) bond motifs is 1. The maximum absolute atomic E-state index is 12.9. The van der Waals surface area contributed by atoms with Crippen molar-refractivity contribution in [2.24, 2.45) is 0 Å². The number of rotatable bonds is 6. The smallest absolute Gasteiger partial charge is 0.352 e. The summed E-state index contributed by atoms with van der Waals surface area (Å²) in [5.74, 6) is -1.78. The normalized spacial score (nSPS) is 24.0. The van der Waals surface area contributed by atoms with Crippen LogP contribution in [0.5, 0.6) is 5.75 Å². The van der Waals surface area contributed by atoms with Gasteiger partial charge in [0.1, 0.15) is 22.9 Å². The van der Waals surface area contributed by atoms with Gasteiger partial charge in [-0.15, -0.1) is 11.8 Å². The van der Waals surface area contributed by atoms with Crippen molar-refractivity contribution in [2.45, 2.75) is 24.4 Å². The molecule has 2 atom stereocenters. The molecule has 0 aliphatic carbocycles. The second-order valence-corrected chi connectivity index (χ2v) is 9.25. The number of carbonyl (C=O) groups excluding carboxylic acids is 3. The molecule has 4 rings (SSSR count). The molecule has 3 aliphatic heterocycles. The molecule has 32 heavy (non-hydrogen) atoms. The van der Waals surface area contributed by atoms with Gasteiger partial charge in [-0.2, -0.15) is 0 Å². The first-order chi connectivity index (χ1) is 15.3. The Hall–Kier alpha value is -2.79. The molecule has 1 aromatic rings. The highest BCUT2D eigenvalue weighted by Gasteiger charge is 2.54. The predicted octanol–water partition coefficient (Wildman–Crippen LogP) is 1.18. The highest BCUT2D eigenvalue weighted by Crippen LogP contribution is 2.41. The molecule has 11 heteroatoms. The minimum atomic E-state index is -1.24. The molecule has 0 radical (unpaired) electrons. The molecule has 0 spiro atoms. The second-order valence-electron chi connectivity index (χ2n) is 7.58. The van der Waals surface area contributed by atoms with E-state index in [2.05, 4.69) is 21.2 Å². The zero-order valence-corrected chi connectivity index (χ0v) is 19.2. The minimum Gasteiger partial charge on any atom is -0.508 e. The molecule has 2 fully saturated rings. The number of carboxylic acids is 1. The Bertz CT molecular complexity index is 1050. The number of hydrogen-bond donors (Lipinski definition) is 3. The molecule has 168 valence electrons. The molecule has 0 aromatic heterocycles. The fraction of sp³-hybridized carbons (Fsp3) is 0.333. The van der Waals surface area contributed by atoms with E-state index in [0.717, 1.165) is 5.56 Å². The number of aromatic hydroxyl groups is 1. The topological polar surface area (TPSA) is 127 Å². The van der Waals surface area contributed by atoms with Gasteiger partial charge in [0.05, 0.1) is 5.33 Å². The van der Waals surface area contributed by atoms with Crippen molar-refractivity contribution in [1.29, 1.82) is 0 Å². The number of phenols is 1. The summed E-state index contributed by atoms with van der Waals surface area (Å²) < 4.78 is 0. The van der Waals surface area contributed by atoms with Crippen LogP contribution in [0.15, 0.2) is 47.2 Å². The van der Waals surface area contributed by atoms with E-state index < -0.39 is 23.3 Å². The van der Waals surface area contributed by atoms with Gasteiger partial charge in [0.15, 0.2) is 0 Å². The van der Waals surface area contributed by atoms with Crippen molar-refractivity contribution in [3.63, 3.8) is 0 Å². The first kappa shape index (κ1) is 22.4. The number of thioether (sulfide) groups is 1. The van der Waals surface area contributed by atoms with Crippen LogP contribution in [0, 0.1) is 0 Å². The van der Waals surface area contributed by atoms with E-state index in [1.54, 1.807) is 35.2 Å². The zero-order chi connectivity index (χ0) is 23.0. The third kappa shape index (κ3) is 4.14. The predicted molar refractivity (Wildman–Crippen MR) is 120 cm³/mol. The van der Waals surface area contributed by atoms with E-state index in [1.165, 1.54) is 16.7 Å². The highest BCUT2D eigenvalue weighted by molar-refractivity contribution is 9.09. The molecule has 0 bridgehead atoms. The SMILES string of the molecule is O=C(CBr)N[C@@H]1C(=O)N2C(C(=O)O)=C(/C=C3\CCN(Cc4ccc(O)cc4)C3=O)CS[C@H]12. The molecular weight excluding hydrogens is 502 g/mol. The van der Waals surface area contributed by atoms with Crippen molar-refractivity contribution in [3.05, 3.63) is 52.7 Å². The number of aliphatic carboxylic acids is 1. The van der Waals surface area contributed by atoms with Crippen LogP contribution in [-0.4, -0.2) is 72.7 Å². The summed E-state index contributed by atoms with van der Waals surface area (Å²) in [5, 5.41) is 21.3. The molecule has 0 unspecified atom stereocenters. The Morgan fingerprint density at radius 1 is 1.25 bits per heavy atom. The van der Waals surface area contributed by atoms with E-state index in [1.807, 2.05) is 0 Å². The van der Waals surface area contributed by atoms with Gasteiger partial charge in [0, 0.05) is 24.4 Å². The van der Waals surface area contributed by atoms with Crippen LogP contribution in [0.4, 0.5) is 0 Å². The standard InChI is InChI=1S/C21H20BrN3O6S/c22-8-15(27)23-16-19(29)25-17(21(30)31)13(10-32-20(16)25)7-12-5-6-24(18(12)28)9-11-1-3-14(26)4-2-11/h1-4,7,16,20,26H,5-6,8-10H2,(H,23,27)(H,30,31)/b12-7+/t16-,20-/m1/s1. The van der Waals surface area contributed by atoms with Crippen molar-refractivity contribution in [3.8, 4) is 5.75 Å². The van der Waals surface area contributed by atoms with Crippen molar-refractivity contribution >= 4 is 51.4 Å². The lowest BCUT2D eigenvalue weighted by Crippen LogP contribution is -2.70. The van der Waals surface area contributed by atoms with Crippen LogP contribution >= 0.6 is 27.7 Å². The van der Waals surface area contributed by atoms with E-state index >= 15 is 0 Å². The number of hydrogen-bond acceptors (Lipinski definition) is 6. The molecule has 0 saturated carbocycles. The molecule has 2 saturated heterocycles. The van der Waals surface area contributed by atoms with Gasteiger partial charge in [-0.05, 0) is 35.8 Å². The van der Waals surface area contributed by atoms with Crippen molar-refractivity contribution in [1.82, 2.24) is 15.1 Å². The van der Waals surface area contributed by atoms with E-state index in [0.29, 0.717) is 36.4 Å². The van der Waals surface area contributed by atoms with Crippen LogP contribution in [0.2, 0.25) is 0 Å². The maximum atomic E-state index is 12.9. The number of allylic oxidation sites excluding steroid dienone is 1. The average Bonchev–Trinajstić information content (AvgIpc) is 3.11. The molecular formula is C21H20BrN3O6S. The van der Waals surface area contributed by atoms with Gasteiger partial charge in [-0.25, -0.2) is 4.79 Å². The van der Waals surface area contributed by atoms with Crippen LogP contribution in [0.1, 0.15) is 12.0 Å². The third-order valence-electron chi connectivity index (χ3n) is 5.51. The minimum absolute atomic E-state index is 0.0515. The van der Waals surface area contributed by atoms with Gasteiger partial charge in [-0.1, -0.05) is 28.1 Å². The highest BCUT2D eigenvalue weighted by atomic mass is 79.9. The number of likely N-dealkylation sites (tertiary alicyclic amines) is 1. The third-order valence-corrected chi connectivity index (χ3v) is 7.32. The zero-order valence-electron chi connectivity index (χ0n) is 16.8. The number of β-lactam (4-membered cyclic amide) rings is 1. The van der Waals surface area contributed by atoms with Crippen molar-refractivity contribution in [2.75, 3.05) is 17.6 Å². The number of alkyl halides is 1. The molecule has 3 amide bonds. The molecule has 3 N–H and O–H groups in total. The molecule has 3 aliphatic rings. The van der Waals surface area contributed by atoms with Crippen LogP contribution in [0.25, 0.3) is 0 Å². The van der Waals surface area contributed by atoms with Crippen molar-refractivity contribution < 1.29 is 29.4 Å². The Labute approximate surface area is 196 Å². The molecule has 1 aromatic carbocycles. The molecule has 3 heterocycles. The lowest BCUT2D eigenvalue weighted by Gasteiger charge is -2.49. The maximum Gasteiger partial charge on any atom is 0.352 e. The molecule has 9 nitrogen and oxygen atoms in total. The Morgan fingerprint density at radius 2 is 1.97 bits per heavy atom. The summed E-state index contributed by atoms with van der Waals surface area (Å²) in [6.07, 6.45) is 2.06. The number of nitrogens with zero attached hydrogens (tertiary/aromatic N) is 2. The summed E-state index contributed by atoms with van der Waals surface area (Å²) in [6, 6.07) is 5.84. The Balaban J connectivity index is 1.53. The first-order valence-corrected chi connectivity index (χ1v) is 12.0. The summed E-state index contributed by atoms with van der Waals surface area (Å²) in [6.45, 7) is 0.887. The van der Waals surface area contributed by atoms with E-state index in [9.17, 15) is 29.4 Å². The fourth-order valence-electron chi connectivity index (χ4n) is 3.95. The quantitative estimate of drug-likeness (QED) is 0.291. The summed E-state index contributed by atoms with van der Waals surface area (Å²) in [4.78, 5) is 51.9. The van der Waals surface area contributed by atoms with E-state index in [-0.39, 0.29) is 28.6 Å². The lowest BCUT2D eigenvalue weighted by atomic mass is 10.0. The first-order valence-electron chi connectivity index (χ1n) is 9.84. The summed E-state index contributed by atoms with van der Waals surface area (Å²) >= 11 is 4.39. The summed E-state index contributed by atoms with van der Waals surface area (Å²) in [7, 11) is 0. The number of benzene rings is 1. The largest absolute Gasteiger partial charge is 0.508 e. The fourth-order valence-corrected chi connectivity index (χ4v) is 5.42. The Morgan fingerprint density at radius 3 is 2.62 bits per heavy atom. The van der Waals surface area contributed by atoms with E-state index in [4.69, 9.17) is 0 Å². The summed E-state index contributed by atoms with van der Waals surface area (Å²) in [5.41, 5.74) is 1.64. The van der Waals surface area contributed by atoms with Crippen LogP contribution in [-0.2, 0) is 25.7 Å². The van der Waals surface area contributed by atoms with Gasteiger partial charge >= 0.3 is 5.97 Å². The average molecular weight is 522 g/mol. The Kier molecular flexibility index (Phi) is 6.29. The van der Waals surface area contributed by atoms with Gasteiger partial charge < -0.3 is 20.4 Å². The van der Waals surface area contributed by atoms with Crippen LogP contribution in [0.3, 0.4) is 0 Å². The lowest BCUT2D eigenvalue weighted by molar-refractivity contribution is -0.150. The number of phenolic OH excluding ortho intramolecular Hbond substituents is 1. The number of carboxylic acid groups (broad SMARTS) is 1. The van der Waals surface area contributed by atoms with Gasteiger partial charge in [-0.3, -0.25) is 19.3 Å². The number of amides is 3. The van der Waals surface area contributed by atoms with Gasteiger partial charge in [0.2, 0.25) is 11.8 Å². The second kappa shape index (κ2) is 8.99. The monoisotopic (exact) mass is 521 g/mol.